The van der Waals surface area contributed by atoms with E-state index in [2.05, 4.69) is 6.92 Å². The zero-order valence-electron chi connectivity index (χ0n) is 10.6. The fraction of sp³-hybridized carbons (Fsp3) is 0.571. The Bertz CT molecular complexity index is 516. The summed E-state index contributed by atoms with van der Waals surface area (Å²) in [4.78, 5) is 0.435. The number of benzene rings is 1. The van der Waals surface area contributed by atoms with Crippen molar-refractivity contribution in [2.24, 2.45) is 5.92 Å². The highest BCUT2D eigenvalue weighted by Crippen LogP contribution is 2.42. The SMILES string of the molecule is CC1C2CCC(CC2)N1S(=O)(=O)c1ccccc1. The molecule has 2 saturated heterocycles. The quantitative estimate of drug-likeness (QED) is 0.824. The van der Waals surface area contributed by atoms with Gasteiger partial charge in [0.15, 0.2) is 0 Å². The molecule has 1 atom stereocenters. The van der Waals surface area contributed by atoms with Crippen LogP contribution in [0.4, 0.5) is 0 Å². The lowest BCUT2D eigenvalue weighted by atomic mass is 9.77. The number of sulfonamides is 1. The molecular formula is C14H19NO2S. The van der Waals surface area contributed by atoms with E-state index in [4.69, 9.17) is 0 Å². The number of piperidine rings is 2. The third-order valence-corrected chi connectivity index (χ3v) is 6.56. The molecule has 3 fully saturated rings. The number of rotatable bonds is 2. The molecule has 98 valence electrons. The van der Waals surface area contributed by atoms with Crippen LogP contribution in [0.5, 0.6) is 0 Å². The predicted octanol–water partition coefficient (Wildman–Crippen LogP) is 2.64. The Balaban J connectivity index is 1.99. The van der Waals surface area contributed by atoms with Gasteiger partial charge in [0.25, 0.3) is 0 Å². The molecule has 1 unspecified atom stereocenters. The van der Waals surface area contributed by atoms with Crippen molar-refractivity contribution in [2.75, 3.05) is 0 Å². The minimum atomic E-state index is -3.31. The number of hydrogen-bond donors (Lipinski definition) is 0. The van der Waals surface area contributed by atoms with Gasteiger partial charge in [0.1, 0.15) is 0 Å². The summed E-state index contributed by atoms with van der Waals surface area (Å²) in [5.74, 6) is 0.550. The summed E-state index contributed by atoms with van der Waals surface area (Å²) in [6.45, 7) is 2.07. The summed E-state index contributed by atoms with van der Waals surface area (Å²) in [7, 11) is -3.31. The molecule has 18 heavy (non-hydrogen) atoms. The first kappa shape index (κ1) is 12.2. The Morgan fingerprint density at radius 1 is 1.06 bits per heavy atom. The zero-order chi connectivity index (χ0) is 12.8. The Morgan fingerprint density at radius 3 is 2.22 bits per heavy atom. The van der Waals surface area contributed by atoms with Crippen LogP contribution in [0.1, 0.15) is 32.6 Å². The lowest BCUT2D eigenvalue weighted by Crippen LogP contribution is -2.56. The van der Waals surface area contributed by atoms with E-state index in [1.54, 1.807) is 28.6 Å². The Labute approximate surface area is 109 Å². The van der Waals surface area contributed by atoms with Crippen molar-refractivity contribution in [3.63, 3.8) is 0 Å². The van der Waals surface area contributed by atoms with E-state index in [9.17, 15) is 8.42 Å². The second kappa shape index (κ2) is 4.35. The first-order valence-corrected chi connectivity index (χ1v) is 8.13. The minimum Gasteiger partial charge on any atom is -0.207 e. The van der Waals surface area contributed by atoms with Crippen molar-refractivity contribution in [2.45, 2.75) is 49.6 Å². The van der Waals surface area contributed by atoms with E-state index >= 15 is 0 Å². The van der Waals surface area contributed by atoms with E-state index in [1.807, 2.05) is 6.07 Å². The summed E-state index contributed by atoms with van der Waals surface area (Å²) >= 11 is 0. The molecule has 1 aromatic carbocycles. The molecule has 0 spiro atoms. The van der Waals surface area contributed by atoms with E-state index in [0.29, 0.717) is 10.8 Å². The maximum Gasteiger partial charge on any atom is 0.243 e. The molecule has 1 aliphatic carbocycles. The maximum atomic E-state index is 12.7. The summed E-state index contributed by atoms with van der Waals surface area (Å²) in [5.41, 5.74) is 0. The predicted molar refractivity (Wildman–Crippen MR) is 70.7 cm³/mol. The highest BCUT2D eigenvalue weighted by Gasteiger charge is 2.45. The topological polar surface area (TPSA) is 37.4 Å². The Hall–Kier alpha value is -0.870. The van der Waals surface area contributed by atoms with Gasteiger partial charge >= 0.3 is 0 Å². The highest BCUT2D eigenvalue weighted by molar-refractivity contribution is 7.89. The first-order chi connectivity index (χ1) is 8.60. The van der Waals surface area contributed by atoms with E-state index in [-0.39, 0.29) is 12.1 Å². The average Bonchev–Trinajstić information content (AvgIpc) is 2.40. The fourth-order valence-electron chi connectivity index (χ4n) is 3.51. The Kier molecular flexibility index (Phi) is 2.94. The van der Waals surface area contributed by atoms with Crippen LogP contribution in [0, 0.1) is 5.92 Å². The van der Waals surface area contributed by atoms with E-state index < -0.39 is 10.0 Å². The lowest BCUT2D eigenvalue weighted by molar-refractivity contribution is 0.0653. The highest BCUT2D eigenvalue weighted by atomic mass is 32.2. The molecule has 2 bridgehead atoms. The van der Waals surface area contributed by atoms with Gasteiger partial charge in [-0.25, -0.2) is 8.42 Å². The molecule has 0 radical (unpaired) electrons. The van der Waals surface area contributed by atoms with Gasteiger partial charge in [-0.05, 0) is 50.7 Å². The molecule has 4 rings (SSSR count). The fourth-order valence-corrected chi connectivity index (χ4v) is 5.47. The molecule has 0 aromatic heterocycles. The second-order valence-electron chi connectivity index (χ2n) is 5.46. The molecule has 3 nitrogen and oxygen atoms in total. The summed E-state index contributed by atoms with van der Waals surface area (Å²) in [6.07, 6.45) is 4.43. The maximum absolute atomic E-state index is 12.7. The van der Waals surface area contributed by atoms with Gasteiger partial charge in [-0.3, -0.25) is 0 Å². The summed E-state index contributed by atoms with van der Waals surface area (Å²) in [6, 6.07) is 9.21. The smallest absolute Gasteiger partial charge is 0.207 e. The minimum absolute atomic E-state index is 0.155. The van der Waals surface area contributed by atoms with Crippen LogP contribution < -0.4 is 0 Å². The lowest BCUT2D eigenvalue weighted by Gasteiger charge is -2.49. The molecule has 2 aliphatic heterocycles. The van der Waals surface area contributed by atoms with Gasteiger partial charge in [-0.2, -0.15) is 4.31 Å². The zero-order valence-corrected chi connectivity index (χ0v) is 11.4. The Morgan fingerprint density at radius 2 is 1.67 bits per heavy atom. The number of fused-ring (bicyclic) bond motifs is 3. The van der Waals surface area contributed by atoms with Crippen LogP contribution in [-0.4, -0.2) is 24.8 Å². The molecular weight excluding hydrogens is 246 g/mol. The van der Waals surface area contributed by atoms with Crippen molar-refractivity contribution in [3.8, 4) is 0 Å². The second-order valence-corrected chi connectivity index (χ2v) is 7.30. The van der Waals surface area contributed by atoms with Gasteiger partial charge in [0.2, 0.25) is 10.0 Å². The molecule has 0 N–H and O–H groups in total. The van der Waals surface area contributed by atoms with Gasteiger partial charge in [-0.15, -0.1) is 0 Å². The van der Waals surface area contributed by atoms with Crippen LogP contribution in [-0.2, 0) is 10.0 Å². The van der Waals surface area contributed by atoms with Crippen molar-refractivity contribution in [1.29, 1.82) is 0 Å². The third-order valence-electron chi connectivity index (χ3n) is 4.50. The first-order valence-electron chi connectivity index (χ1n) is 6.69. The van der Waals surface area contributed by atoms with Crippen molar-refractivity contribution < 1.29 is 8.42 Å². The van der Waals surface area contributed by atoms with Crippen LogP contribution in [0.2, 0.25) is 0 Å². The largest absolute Gasteiger partial charge is 0.243 e. The van der Waals surface area contributed by atoms with Crippen molar-refractivity contribution >= 4 is 10.0 Å². The van der Waals surface area contributed by atoms with Crippen LogP contribution in [0.25, 0.3) is 0 Å². The van der Waals surface area contributed by atoms with Crippen LogP contribution in [0.3, 0.4) is 0 Å². The van der Waals surface area contributed by atoms with Gasteiger partial charge < -0.3 is 0 Å². The molecule has 3 aliphatic rings. The van der Waals surface area contributed by atoms with E-state index in [1.165, 1.54) is 12.8 Å². The van der Waals surface area contributed by atoms with Crippen molar-refractivity contribution in [3.05, 3.63) is 30.3 Å². The molecule has 4 heteroatoms. The van der Waals surface area contributed by atoms with Gasteiger partial charge in [0, 0.05) is 12.1 Å². The van der Waals surface area contributed by atoms with Crippen LogP contribution in [0.15, 0.2) is 35.2 Å². The monoisotopic (exact) mass is 265 g/mol. The summed E-state index contributed by atoms with van der Waals surface area (Å²) in [5, 5.41) is 0. The number of hydrogen-bond acceptors (Lipinski definition) is 2. The summed E-state index contributed by atoms with van der Waals surface area (Å²) < 4.78 is 27.2. The average molecular weight is 265 g/mol. The van der Waals surface area contributed by atoms with Crippen molar-refractivity contribution in [1.82, 2.24) is 4.31 Å². The normalized spacial score (nSPS) is 32.6. The van der Waals surface area contributed by atoms with E-state index in [0.717, 1.165) is 12.8 Å². The molecule has 1 saturated carbocycles. The third kappa shape index (κ3) is 1.79. The standard InChI is InChI=1S/C14H19NO2S/c1-11-12-7-9-13(10-8-12)15(11)18(16,17)14-5-3-2-4-6-14/h2-6,11-13H,7-10H2,1H3. The molecule has 2 heterocycles. The van der Waals surface area contributed by atoms with Gasteiger partial charge in [0.05, 0.1) is 4.90 Å². The number of nitrogens with zero attached hydrogens (tertiary/aromatic N) is 1. The van der Waals surface area contributed by atoms with Gasteiger partial charge in [-0.1, -0.05) is 18.2 Å². The van der Waals surface area contributed by atoms with Crippen LogP contribution >= 0.6 is 0 Å². The molecule has 1 aromatic rings. The molecule has 0 amide bonds.